The number of pyridine rings is 1. The van der Waals surface area contributed by atoms with Gasteiger partial charge >= 0.3 is 0 Å². The molecule has 0 aliphatic heterocycles. The molecule has 0 aliphatic carbocycles. The normalized spacial score (nSPS) is 10.5. The van der Waals surface area contributed by atoms with Gasteiger partial charge in [0, 0.05) is 38.6 Å². The average molecular weight is 316 g/mol. The summed E-state index contributed by atoms with van der Waals surface area (Å²) in [7, 11) is 1.98. The first-order valence-electron chi connectivity index (χ1n) is 5.18. The molecule has 6 heteroatoms. The van der Waals surface area contributed by atoms with Crippen LogP contribution in [0.25, 0.3) is 0 Å². The third-order valence-corrected chi connectivity index (χ3v) is 3.18. The number of anilines is 1. The summed E-state index contributed by atoms with van der Waals surface area (Å²) in [4.78, 5) is 8.46. The van der Waals surface area contributed by atoms with Gasteiger partial charge in [0.25, 0.3) is 0 Å². The van der Waals surface area contributed by atoms with E-state index in [0.717, 1.165) is 29.1 Å². The van der Waals surface area contributed by atoms with Gasteiger partial charge < -0.3 is 9.88 Å². The summed E-state index contributed by atoms with van der Waals surface area (Å²) in [6.45, 7) is 0.776. The molecule has 0 saturated heterocycles. The average Bonchev–Trinajstić information content (AvgIpc) is 2.68. The second-order valence-electron chi connectivity index (χ2n) is 3.62. The SMILES string of the molecule is Cn1ccnc1CCNc1ncc(Cl)cc1Br. The van der Waals surface area contributed by atoms with Crippen LogP contribution in [0.3, 0.4) is 0 Å². The molecule has 0 radical (unpaired) electrons. The summed E-state index contributed by atoms with van der Waals surface area (Å²) in [6, 6.07) is 1.82. The zero-order valence-corrected chi connectivity index (χ0v) is 11.7. The van der Waals surface area contributed by atoms with E-state index in [2.05, 4.69) is 31.2 Å². The van der Waals surface area contributed by atoms with Gasteiger partial charge in [0.1, 0.15) is 11.6 Å². The zero-order valence-electron chi connectivity index (χ0n) is 9.32. The fourth-order valence-corrected chi connectivity index (χ4v) is 2.25. The number of rotatable bonds is 4. The molecule has 2 aromatic heterocycles. The fraction of sp³-hybridized carbons (Fsp3) is 0.273. The van der Waals surface area contributed by atoms with E-state index in [1.165, 1.54) is 0 Å². The van der Waals surface area contributed by atoms with Crippen molar-refractivity contribution in [3.63, 3.8) is 0 Å². The monoisotopic (exact) mass is 314 g/mol. The summed E-state index contributed by atoms with van der Waals surface area (Å²) >= 11 is 9.23. The number of nitrogens with zero attached hydrogens (tertiary/aromatic N) is 3. The van der Waals surface area contributed by atoms with Crippen LogP contribution in [0.4, 0.5) is 5.82 Å². The van der Waals surface area contributed by atoms with E-state index < -0.39 is 0 Å². The molecule has 0 unspecified atom stereocenters. The lowest BCUT2D eigenvalue weighted by atomic mass is 10.4. The van der Waals surface area contributed by atoms with E-state index in [1.807, 2.05) is 23.9 Å². The number of hydrogen-bond donors (Lipinski definition) is 1. The number of aromatic nitrogens is 3. The lowest BCUT2D eigenvalue weighted by Crippen LogP contribution is -2.09. The summed E-state index contributed by atoms with van der Waals surface area (Å²) in [5.74, 6) is 1.84. The van der Waals surface area contributed by atoms with Crippen molar-refractivity contribution in [1.29, 1.82) is 0 Å². The minimum atomic E-state index is 0.617. The predicted molar refractivity (Wildman–Crippen MR) is 72.3 cm³/mol. The number of nitrogens with one attached hydrogen (secondary N) is 1. The Morgan fingerprint density at radius 3 is 2.94 bits per heavy atom. The van der Waals surface area contributed by atoms with Crippen molar-refractivity contribution < 1.29 is 0 Å². The largest absolute Gasteiger partial charge is 0.369 e. The highest BCUT2D eigenvalue weighted by molar-refractivity contribution is 9.10. The van der Waals surface area contributed by atoms with Gasteiger partial charge in [-0.05, 0) is 22.0 Å². The molecule has 0 saturated carbocycles. The Bertz CT molecular complexity index is 512. The Morgan fingerprint density at radius 1 is 1.47 bits per heavy atom. The molecule has 17 heavy (non-hydrogen) atoms. The Balaban J connectivity index is 1.92. The van der Waals surface area contributed by atoms with E-state index in [-0.39, 0.29) is 0 Å². The standard InChI is InChI=1S/C11H12BrClN4/c1-17-5-4-14-10(17)2-3-15-11-9(12)6-8(13)7-16-11/h4-7H,2-3H2,1H3,(H,15,16). The summed E-state index contributed by atoms with van der Waals surface area (Å²) in [6.07, 6.45) is 6.20. The molecule has 1 N–H and O–H groups in total. The second kappa shape index (κ2) is 5.51. The molecular weight excluding hydrogens is 304 g/mol. The smallest absolute Gasteiger partial charge is 0.140 e. The van der Waals surface area contributed by atoms with Crippen LogP contribution in [-0.2, 0) is 13.5 Å². The first-order chi connectivity index (χ1) is 8.16. The first-order valence-corrected chi connectivity index (χ1v) is 6.35. The van der Waals surface area contributed by atoms with Crippen LogP contribution in [0, 0.1) is 0 Å². The maximum absolute atomic E-state index is 5.82. The highest BCUT2D eigenvalue weighted by Crippen LogP contribution is 2.22. The highest BCUT2D eigenvalue weighted by Gasteiger charge is 2.03. The third-order valence-electron chi connectivity index (χ3n) is 2.37. The molecule has 0 aliphatic rings. The van der Waals surface area contributed by atoms with Gasteiger partial charge in [-0.1, -0.05) is 11.6 Å². The van der Waals surface area contributed by atoms with Gasteiger partial charge in [-0.3, -0.25) is 0 Å². The molecular formula is C11H12BrClN4. The molecule has 0 spiro atoms. The van der Waals surface area contributed by atoms with Gasteiger partial charge in [-0.25, -0.2) is 9.97 Å². The van der Waals surface area contributed by atoms with Crippen molar-refractivity contribution in [2.24, 2.45) is 7.05 Å². The Hall–Kier alpha value is -1.07. The molecule has 2 rings (SSSR count). The molecule has 90 valence electrons. The van der Waals surface area contributed by atoms with Gasteiger partial charge in [0.05, 0.1) is 9.50 Å². The topological polar surface area (TPSA) is 42.7 Å². The lowest BCUT2D eigenvalue weighted by Gasteiger charge is -2.07. The lowest BCUT2D eigenvalue weighted by molar-refractivity contribution is 0.788. The quantitative estimate of drug-likeness (QED) is 0.943. The zero-order chi connectivity index (χ0) is 12.3. The highest BCUT2D eigenvalue weighted by atomic mass is 79.9. The molecule has 0 atom stereocenters. The first kappa shape index (κ1) is 12.4. The molecule has 0 aromatic carbocycles. The van der Waals surface area contributed by atoms with Crippen LogP contribution in [0.5, 0.6) is 0 Å². The molecule has 0 bridgehead atoms. The Morgan fingerprint density at radius 2 is 2.29 bits per heavy atom. The molecule has 2 aromatic rings. The van der Waals surface area contributed by atoms with E-state index in [9.17, 15) is 0 Å². The Kier molecular flexibility index (Phi) is 4.02. The summed E-state index contributed by atoms with van der Waals surface area (Å²) in [5, 5.41) is 3.85. The maximum Gasteiger partial charge on any atom is 0.140 e. The van der Waals surface area contributed by atoms with E-state index in [4.69, 9.17) is 11.6 Å². The molecule has 0 fully saturated rings. The number of aryl methyl sites for hydroxylation is 1. The molecule has 0 amide bonds. The van der Waals surface area contributed by atoms with Gasteiger partial charge in [0.2, 0.25) is 0 Å². The van der Waals surface area contributed by atoms with E-state index in [1.54, 1.807) is 12.4 Å². The van der Waals surface area contributed by atoms with Crippen LogP contribution < -0.4 is 5.32 Å². The summed E-state index contributed by atoms with van der Waals surface area (Å²) < 4.78 is 2.87. The van der Waals surface area contributed by atoms with Crippen molar-refractivity contribution >= 4 is 33.3 Å². The van der Waals surface area contributed by atoms with E-state index >= 15 is 0 Å². The Labute approximate surface area is 113 Å². The van der Waals surface area contributed by atoms with Crippen LogP contribution in [-0.4, -0.2) is 21.1 Å². The van der Waals surface area contributed by atoms with Crippen LogP contribution >= 0.6 is 27.5 Å². The van der Waals surface area contributed by atoms with Crippen LogP contribution in [0.1, 0.15) is 5.82 Å². The number of hydrogen-bond acceptors (Lipinski definition) is 3. The third kappa shape index (κ3) is 3.20. The van der Waals surface area contributed by atoms with Crippen molar-refractivity contribution in [1.82, 2.24) is 14.5 Å². The van der Waals surface area contributed by atoms with Crippen LogP contribution in [0.2, 0.25) is 5.02 Å². The number of halogens is 2. The number of imidazole rings is 1. The van der Waals surface area contributed by atoms with Crippen molar-refractivity contribution in [2.75, 3.05) is 11.9 Å². The van der Waals surface area contributed by atoms with Gasteiger partial charge in [0.15, 0.2) is 0 Å². The van der Waals surface area contributed by atoms with Gasteiger partial charge in [-0.2, -0.15) is 0 Å². The molecule has 2 heterocycles. The van der Waals surface area contributed by atoms with E-state index in [0.29, 0.717) is 5.02 Å². The molecule has 4 nitrogen and oxygen atoms in total. The van der Waals surface area contributed by atoms with Crippen molar-refractivity contribution in [3.05, 3.63) is 40.0 Å². The maximum atomic E-state index is 5.82. The minimum Gasteiger partial charge on any atom is -0.369 e. The van der Waals surface area contributed by atoms with Crippen LogP contribution in [0.15, 0.2) is 29.1 Å². The van der Waals surface area contributed by atoms with Crippen molar-refractivity contribution in [2.45, 2.75) is 6.42 Å². The predicted octanol–water partition coefficient (Wildman–Crippen LogP) is 2.89. The fourth-order valence-electron chi connectivity index (χ4n) is 1.47. The van der Waals surface area contributed by atoms with Crippen molar-refractivity contribution in [3.8, 4) is 0 Å². The van der Waals surface area contributed by atoms with Gasteiger partial charge in [-0.15, -0.1) is 0 Å². The second-order valence-corrected chi connectivity index (χ2v) is 4.91. The minimum absolute atomic E-state index is 0.617. The summed E-state index contributed by atoms with van der Waals surface area (Å²) in [5.41, 5.74) is 0.